The Labute approximate surface area is 154 Å². The molecule has 0 saturated carbocycles. The van der Waals surface area contributed by atoms with Crippen LogP contribution in [0, 0.1) is 0 Å². The lowest BCUT2D eigenvalue weighted by Crippen LogP contribution is -2.33. The maximum absolute atomic E-state index is 12.2. The summed E-state index contributed by atoms with van der Waals surface area (Å²) in [4.78, 5) is 2.34. The largest absolute Gasteiger partial charge is 0.287 e. The maximum atomic E-state index is 12.2. The van der Waals surface area contributed by atoms with Gasteiger partial charge in [0.25, 0.3) is 0 Å². The molecule has 0 aromatic heterocycles. The van der Waals surface area contributed by atoms with E-state index < -0.39 is 11.0 Å². The van der Waals surface area contributed by atoms with Gasteiger partial charge in [0.1, 0.15) is 11.0 Å². The minimum absolute atomic E-state index is 0.0895. The Morgan fingerprint density at radius 3 is 1.80 bits per heavy atom. The van der Waals surface area contributed by atoms with Crippen molar-refractivity contribution in [3.63, 3.8) is 0 Å². The van der Waals surface area contributed by atoms with E-state index in [0.717, 1.165) is 13.1 Å². The third kappa shape index (κ3) is 6.56. The molecular formula is C21H28N2OS. The zero-order chi connectivity index (χ0) is 18.3. The highest BCUT2D eigenvalue weighted by atomic mass is 32.2. The van der Waals surface area contributed by atoms with Crippen LogP contribution in [0.15, 0.2) is 65.1 Å². The summed E-state index contributed by atoms with van der Waals surface area (Å²) >= 11 is 0. The van der Waals surface area contributed by atoms with E-state index >= 15 is 0 Å². The van der Waals surface area contributed by atoms with E-state index in [1.807, 2.05) is 39.1 Å². The first-order valence-electron chi connectivity index (χ1n) is 8.64. The van der Waals surface area contributed by atoms with Crippen molar-refractivity contribution in [2.75, 3.05) is 0 Å². The number of benzene rings is 2. The molecule has 3 nitrogen and oxygen atoms in total. The molecule has 2 atom stereocenters. The summed E-state index contributed by atoms with van der Waals surface area (Å²) in [6.07, 6.45) is 1.83. The first-order chi connectivity index (χ1) is 11.9. The van der Waals surface area contributed by atoms with Crippen molar-refractivity contribution in [3.05, 3.63) is 71.8 Å². The molecule has 0 heterocycles. The smallest absolute Gasteiger partial charge is 0.144 e. The van der Waals surface area contributed by atoms with Crippen molar-refractivity contribution in [3.8, 4) is 0 Å². The quantitative estimate of drug-likeness (QED) is 0.679. The minimum Gasteiger partial charge on any atom is -0.287 e. The highest BCUT2D eigenvalue weighted by molar-refractivity contribution is 7.85. The van der Waals surface area contributed by atoms with Gasteiger partial charge < -0.3 is 0 Å². The summed E-state index contributed by atoms with van der Waals surface area (Å²) in [7, 11) is -1.22. The van der Waals surface area contributed by atoms with Crippen LogP contribution in [0.4, 0.5) is 0 Å². The van der Waals surface area contributed by atoms with Crippen LogP contribution in [0.3, 0.4) is 0 Å². The molecule has 0 spiro atoms. The maximum Gasteiger partial charge on any atom is 0.144 e. The van der Waals surface area contributed by atoms with Gasteiger partial charge in [-0.1, -0.05) is 60.7 Å². The van der Waals surface area contributed by atoms with Gasteiger partial charge in [0, 0.05) is 25.3 Å². The zero-order valence-electron chi connectivity index (χ0n) is 15.6. The van der Waals surface area contributed by atoms with Gasteiger partial charge >= 0.3 is 0 Å². The molecule has 2 aromatic carbocycles. The molecule has 0 fully saturated rings. The first-order valence-corrected chi connectivity index (χ1v) is 9.75. The number of nitrogens with zero attached hydrogens (tertiary/aromatic N) is 2. The van der Waals surface area contributed by atoms with Crippen LogP contribution in [-0.4, -0.2) is 26.1 Å². The molecule has 0 bridgehead atoms. The molecule has 134 valence electrons. The SMILES string of the molecule is C[C@@H](/C=N/[S@](=O)C(C)(C)C)N(Cc1ccccc1)Cc1ccccc1. The van der Waals surface area contributed by atoms with E-state index in [2.05, 4.69) is 64.8 Å². The fourth-order valence-electron chi connectivity index (χ4n) is 2.38. The van der Waals surface area contributed by atoms with Gasteiger partial charge in [0.15, 0.2) is 0 Å². The monoisotopic (exact) mass is 356 g/mol. The van der Waals surface area contributed by atoms with Crippen LogP contribution < -0.4 is 0 Å². The van der Waals surface area contributed by atoms with Crippen LogP contribution in [0.1, 0.15) is 38.8 Å². The molecule has 25 heavy (non-hydrogen) atoms. The Morgan fingerprint density at radius 2 is 1.40 bits per heavy atom. The molecule has 0 aliphatic carbocycles. The standard InChI is InChI=1S/C21H28N2OS/c1-18(15-22-25(24)21(2,3)4)23(16-19-11-7-5-8-12-19)17-20-13-9-6-10-14-20/h5-15,18H,16-17H2,1-4H3/b22-15+/t18-,25+/m0/s1. The molecule has 0 aliphatic heterocycles. The third-order valence-corrected chi connectivity index (χ3v) is 5.29. The van der Waals surface area contributed by atoms with Crippen molar-refractivity contribution in [2.45, 2.75) is 51.6 Å². The molecule has 2 aromatic rings. The van der Waals surface area contributed by atoms with Crippen molar-refractivity contribution in [1.82, 2.24) is 4.90 Å². The fourth-order valence-corrected chi connectivity index (χ4v) is 2.98. The second-order valence-electron chi connectivity index (χ2n) is 7.23. The third-order valence-electron chi connectivity index (χ3n) is 3.93. The Balaban J connectivity index is 2.15. The predicted octanol–water partition coefficient (Wildman–Crippen LogP) is 4.61. The zero-order valence-corrected chi connectivity index (χ0v) is 16.4. The van der Waals surface area contributed by atoms with E-state index in [9.17, 15) is 4.21 Å². The second kappa shape index (κ2) is 9.07. The lowest BCUT2D eigenvalue weighted by atomic mass is 10.1. The minimum atomic E-state index is -1.22. The summed E-state index contributed by atoms with van der Waals surface area (Å²) < 4.78 is 16.2. The van der Waals surface area contributed by atoms with Crippen molar-refractivity contribution in [2.24, 2.45) is 4.40 Å². The number of rotatable bonds is 7. The topological polar surface area (TPSA) is 32.7 Å². The van der Waals surface area contributed by atoms with E-state index in [1.165, 1.54) is 11.1 Å². The predicted molar refractivity (Wildman–Crippen MR) is 108 cm³/mol. The number of hydrogen-bond donors (Lipinski definition) is 0. The van der Waals surface area contributed by atoms with E-state index in [0.29, 0.717) is 0 Å². The molecular weight excluding hydrogens is 328 g/mol. The van der Waals surface area contributed by atoms with Gasteiger partial charge in [-0.25, -0.2) is 4.21 Å². The molecule has 0 saturated heterocycles. The molecule has 0 unspecified atom stereocenters. The highest BCUT2D eigenvalue weighted by Gasteiger charge is 2.19. The Bertz CT molecular complexity index is 651. The van der Waals surface area contributed by atoms with Crippen LogP contribution in [0.5, 0.6) is 0 Å². The fraction of sp³-hybridized carbons (Fsp3) is 0.381. The Kier molecular flexibility index (Phi) is 7.09. The Morgan fingerprint density at radius 1 is 0.960 bits per heavy atom. The van der Waals surface area contributed by atoms with Gasteiger partial charge in [0.05, 0.1) is 4.75 Å². The molecule has 0 N–H and O–H groups in total. The van der Waals surface area contributed by atoms with E-state index in [1.54, 1.807) is 0 Å². The normalized spacial score (nSPS) is 14.8. The number of hydrogen-bond acceptors (Lipinski definition) is 2. The summed E-state index contributed by atoms with van der Waals surface area (Å²) in [5.41, 5.74) is 2.52. The second-order valence-corrected chi connectivity index (χ2v) is 9.17. The summed E-state index contributed by atoms with van der Waals surface area (Å²) in [5, 5.41) is 0. The summed E-state index contributed by atoms with van der Waals surface area (Å²) in [6, 6.07) is 20.9. The van der Waals surface area contributed by atoms with Gasteiger partial charge in [-0.05, 0) is 38.8 Å². The molecule has 4 heteroatoms. The van der Waals surface area contributed by atoms with Crippen LogP contribution in [-0.2, 0) is 24.1 Å². The Hall–Kier alpha value is -1.78. The highest BCUT2D eigenvalue weighted by Crippen LogP contribution is 2.15. The average Bonchev–Trinajstić information content (AvgIpc) is 2.59. The van der Waals surface area contributed by atoms with Gasteiger partial charge in [-0.15, -0.1) is 0 Å². The van der Waals surface area contributed by atoms with Crippen LogP contribution >= 0.6 is 0 Å². The van der Waals surface area contributed by atoms with Gasteiger partial charge in [0.2, 0.25) is 0 Å². The molecule has 0 radical (unpaired) electrons. The van der Waals surface area contributed by atoms with Crippen LogP contribution in [0.2, 0.25) is 0 Å². The average molecular weight is 357 g/mol. The van der Waals surface area contributed by atoms with Crippen molar-refractivity contribution in [1.29, 1.82) is 0 Å². The molecule has 2 rings (SSSR count). The molecule has 0 amide bonds. The van der Waals surface area contributed by atoms with Gasteiger partial charge in [-0.3, -0.25) is 4.90 Å². The van der Waals surface area contributed by atoms with Crippen molar-refractivity contribution < 1.29 is 4.21 Å². The van der Waals surface area contributed by atoms with Crippen LogP contribution in [0.25, 0.3) is 0 Å². The van der Waals surface area contributed by atoms with Crippen molar-refractivity contribution >= 4 is 17.2 Å². The van der Waals surface area contributed by atoms with Gasteiger partial charge in [-0.2, -0.15) is 4.40 Å². The molecule has 0 aliphatic rings. The van der Waals surface area contributed by atoms with E-state index in [4.69, 9.17) is 0 Å². The lowest BCUT2D eigenvalue weighted by Gasteiger charge is -2.27. The summed E-state index contributed by atoms with van der Waals surface area (Å²) in [5.74, 6) is 0. The lowest BCUT2D eigenvalue weighted by molar-refractivity contribution is 0.238. The first kappa shape index (κ1) is 19.5. The van der Waals surface area contributed by atoms with E-state index in [-0.39, 0.29) is 10.8 Å². The summed E-state index contributed by atoms with van der Waals surface area (Å²) in [6.45, 7) is 9.58.